The van der Waals surface area contributed by atoms with Crippen molar-refractivity contribution in [3.8, 4) is 0 Å². The third-order valence-electron chi connectivity index (χ3n) is 4.18. The molecule has 2 unspecified atom stereocenters. The molecule has 4 heteroatoms. The number of aliphatic carboxylic acids is 1. The molecule has 0 aromatic carbocycles. The monoisotopic (exact) mass is 282 g/mol. The zero-order valence-electron chi connectivity index (χ0n) is 12.9. The fourth-order valence-electron chi connectivity index (χ4n) is 2.96. The molecule has 0 radical (unpaired) electrons. The van der Waals surface area contributed by atoms with E-state index in [9.17, 15) is 9.59 Å². The van der Waals surface area contributed by atoms with Crippen LogP contribution in [0.2, 0.25) is 0 Å². The first-order valence-corrected chi connectivity index (χ1v) is 7.33. The van der Waals surface area contributed by atoms with Crippen LogP contribution in [0.25, 0.3) is 0 Å². The van der Waals surface area contributed by atoms with Gasteiger partial charge in [0, 0.05) is 5.57 Å². The van der Waals surface area contributed by atoms with Crippen molar-refractivity contribution in [2.75, 3.05) is 0 Å². The standard InChI is InChI=1S/C16H26O4/c1-5-12(15(18)19)9-14(17)20-11(2)13-7-6-8-16(3,4)10-13/h5,11,13H,6-10H2,1-4H3,(H,18,19)/b12-5-. The van der Waals surface area contributed by atoms with Gasteiger partial charge in [-0.15, -0.1) is 0 Å². The van der Waals surface area contributed by atoms with E-state index in [-0.39, 0.29) is 18.1 Å². The number of carbonyl (C=O) groups excluding carboxylic acids is 1. The Bertz CT molecular complexity index is 395. The lowest BCUT2D eigenvalue weighted by atomic mass is 9.71. The fourth-order valence-corrected chi connectivity index (χ4v) is 2.96. The second kappa shape index (κ2) is 6.91. The van der Waals surface area contributed by atoms with Crippen LogP contribution >= 0.6 is 0 Å². The summed E-state index contributed by atoms with van der Waals surface area (Å²) in [5.41, 5.74) is 0.394. The first-order chi connectivity index (χ1) is 9.25. The van der Waals surface area contributed by atoms with E-state index < -0.39 is 11.9 Å². The highest BCUT2D eigenvalue weighted by Crippen LogP contribution is 2.40. The van der Waals surface area contributed by atoms with Gasteiger partial charge in [-0.2, -0.15) is 0 Å². The molecule has 114 valence electrons. The quantitative estimate of drug-likeness (QED) is 0.618. The average Bonchev–Trinajstić information content (AvgIpc) is 2.34. The fraction of sp³-hybridized carbons (Fsp3) is 0.750. The first kappa shape index (κ1) is 16.7. The number of ether oxygens (including phenoxy) is 1. The van der Waals surface area contributed by atoms with Crippen LogP contribution in [0.4, 0.5) is 0 Å². The number of hydrogen-bond donors (Lipinski definition) is 1. The molecule has 4 nitrogen and oxygen atoms in total. The SMILES string of the molecule is C/C=C(/CC(=O)OC(C)C1CCCC(C)(C)C1)C(=O)O. The van der Waals surface area contributed by atoms with E-state index in [4.69, 9.17) is 9.84 Å². The summed E-state index contributed by atoms with van der Waals surface area (Å²) < 4.78 is 5.42. The lowest BCUT2D eigenvalue weighted by Crippen LogP contribution is -2.32. The van der Waals surface area contributed by atoms with Gasteiger partial charge in [0.15, 0.2) is 0 Å². The number of carboxylic acids is 1. The Morgan fingerprint density at radius 2 is 2.10 bits per heavy atom. The maximum absolute atomic E-state index is 11.8. The van der Waals surface area contributed by atoms with Crippen LogP contribution in [0.3, 0.4) is 0 Å². The molecular weight excluding hydrogens is 256 g/mol. The van der Waals surface area contributed by atoms with Gasteiger partial charge in [0.1, 0.15) is 6.10 Å². The Labute approximate surface area is 121 Å². The summed E-state index contributed by atoms with van der Waals surface area (Å²) in [5.74, 6) is -1.13. The summed E-state index contributed by atoms with van der Waals surface area (Å²) in [6, 6.07) is 0. The van der Waals surface area contributed by atoms with Gasteiger partial charge in [-0.1, -0.05) is 26.3 Å². The zero-order valence-corrected chi connectivity index (χ0v) is 12.9. The van der Waals surface area contributed by atoms with Crippen molar-refractivity contribution in [1.82, 2.24) is 0 Å². The van der Waals surface area contributed by atoms with Crippen molar-refractivity contribution in [3.63, 3.8) is 0 Å². The van der Waals surface area contributed by atoms with Crippen molar-refractivity contribution < 1.29 is 19.4 Å². The maximum atomic E-state index is 11.8. The Morgan fingerprint density at radius 3 is 2.60 bits per heavy atom. The summed E-state index contributed by atoms with van der Waals surface area (Å²) in [7, 11) is 0. The molecule has 1 saturated carbocycles. The lowest BCUT2D eigenvalue weighted by Gasteiger charge is -2.37. The van der Waals surface area contributed by atoms with Crippen LogP contribution in [0.5, 0.6) is 0 Å². The smallest absolute Gasteiger partial charge is 0.331 e. The zero-order chi connectivity index (χ0) is 15.3. The minimum atomic E-state index is -1.06. The van der Waals surface area contributed by atoms with Crippen molar-refractivity contribution >= 4 is 11.9 Å². The van der Waals surface area contributed by atoms with E-state index in [0.717, 1.165) is 19.3 Å². The molecule has 2 atom stereocenters. The van der Waals surface area contributed by atoms with E-state index in [2.05, 4.69) is 13.8 Å². The second-order valence-electron chi connectivity index (χ2n) is 6.51. The van der Waals surface area contributed by atoms with Crippen LogP contribution in [-0.4, -0.2) is 23.1 Å². The van der Waals surface area contributed by atoms with E-state index in [1.807, 2.05) is 6.92 Å². The summed E-state index contributed by atoms with van der Waals surface area (Å²) in [6.07, 6.45) is 5.64. The summed E-state index contributed by atoms with van der Waals surface area (Å²) >= 11 is 0. The highest BCUT2D eigenvalue weighted by molar-refractivity contribution is 5.92. The van der Waals surface area contributed by atoms with E-state index in [0.29, 0.717) is 11.3 Å². The molecular formula is C16H26O4. The predicted molar refractivity (Wildman–Crippen MR) is 77.3 cm³/mol. The maximum Gasteiger partial charge on any atom is 0.331 e. The molecule has 0 bridgehead atoms. The van der Waals surface area contributed by atoms with Gasteiger partial charge in [0.25, 0.3) is 0 Å². The van der Waals surface area contributed by atoms with Gasteiger partial charge < -0.3 is 9.84 Å². The van der Waals surface area contributed by atoms with Crippen LogP contribution in [0.1, 0.15) is 59.8 Å². The molecule has 1 aliphatic carbocycles. The molecule has 0 saturated heterocycles. The van der Waals surface area contributed by atoms with Crippen LogP contribution in [0, 0.1) is 11.3 Å². The van der Waals surface area contributed by atoms with Crippen LogP contribution in [-0.2, 0) is 14.3 Å². The van der Waals surface area contributed by atoms with Crippen molar-refractivity contribution in [2.45, 2.75) is 65.9 Å². The largest absolute Gasteiger partial charge is 0.478 e. The Balaban J connectivity index is 2.51. The van der Waals surface area contributed by atoms with Gasteiger partial charge >= 0.3 is 11.9 Å². The summed E-state index contributed by atoms with van der Waals surface area (Å²) in [6.45, 7) is 8.02. The topological polar surface area (TPSA) is 63.6 Å². The third-order valence-corrected chi connectivity index (χ3v) is 4.18. The van der Waals surface area contributed by atoms with Gasteiger partial charge in [0.2, 0.25) is 0 Å². The van der Waals surface area contributed by atoms with Crippen LogP contribution < -0.4 is 0 Å². The summed E-state index contributed by atoms with van der Waals surface area (Å²) in [5, 5.41) is 8.90. The second-order valence-corrected chi connectivity index (χ2v) is 6.51. The van der Waals surface area contributed by atoms with Gasteiger partial charge in [-0.3, -0.25) is 4.79 Å². The molecule has 1 N–H and O–H groups in total. The first-order valence-electron chi connectivity index (χ1n) is 7.33. The Kier molecular flexibility index (Phi) is 5.78. The van der Waals surface area contributed by atoms with Crippen molar-refractivity contribution in [1.29, 1.82) is 0 Å². The molecule has 0 aliphatic heterocycles. The van der Waals surface area contributed by atoms with Gasteiger partial charge in [-0.05, 0) is 44.4 Å². The van der Waals surface area contributed by atoms with Crippen LogP contribution in [0.15, 0.2) is 11.6 Å². The van der Waals surface area contributed by atoms with Gasteiger partial charge in [-0.25, -0.2) is 4.79 Å². The molecule has 0 aromatic rings. The molecule has 20 heavy (non-hydrogen) atoms. The highest BCUT2D eigenvalue weighted by atomic mass is 16.5. The molecule has 0 heterocycles. The lowest BCUT2D eigenvalue weighted by molar-refractivity contribution is -0.152. The third kappa shape index (κ3) is 4.99. The van der Waals surface area contributed by atoms with E-state index in [1.165, 1.54) is 12.5 Å². The van der Waals surface area contributed by atoms with E-state index >= 15 is 0 Å². The molecule has 1 fully saturated rings. The number of carbonyl (C=O) groups is 2. The predicted octanol–water partition coefficient (Wildman–Crippen LogP) is 3.56. The molecule has 0 aromatic heterocycles. The molecule has 1 rings (SSSR count). The Morgan fingerprint density at radius 1 is 1.45 bits per heavy atom. The highest BCUT2D eigenvalue weighted by Gasteiger charge is 2.32. The number of allylic oxidation sites excluding steroid dienone is 1. The minimum absolute atomic E-state index is 0.0891. The molecule has 0 amide bonds. The number of rotatable bonds is 5. The average molecular weight is 282 g/mol. The Hall–Kier alpha value is -1.32. The minimum Gasteiger partial charge on any atom is -0.478 e. The number of carboxylic acid groups (broad SMARTS) is 1. The van der Waals surface area contributed by atoms with Gasteiger partial charge in [0.05, 0.1) is 6.42 Å². The molecule has 1 aliphatic rings. The van der Waals surface area contributed by atoms with E-state index in [1.54, 1.807) is 6.92 Å². The normalized spacial score (nSPS) is 24.0. The molecule has 0 spiro atoms. The van der Waals surface area contributed by atoms with Crippen molar-refractivity contribution in [3.05, 3.63) is 11.6 Å². The van der Waals surface area contributed by atoms with Crippen molar-refractivity contribution in [2.24, 2.45) is 11.3 Å². The number of hydrogen-bond acceptors (Lipinski definition) is 3. The summed E-state index contributed by atoms with van der Waals surface area (Å²) in [4.78, 5) is 22.7. The number of esters is 1.